The lowest BCUT2D eigenvalue weighted by molar-refractivity contribution is -0.141. The Balaban J connectivity index is 1.53. The Labute approximate surface area is 159 Å². The Hall–Kier alpha value is -2.39. The minimum atomic E-state index is -4.50. The fraction of sp³-hybridized carbons (Fsp3) is 0.353. The number of amides is 1. The molecule has 2 heterocycles. The molecule has 10 heteroatoms. The van der Waals surface area contributed by atoms with Crippen molar-refractivity contribution in [2.75, 3.05) is 42.9 Å². The summed E-state index contributed by atoms with van der Waals surface area (Å²) >= 11 is 6.01. The molecule has 3 rings (SSSR count). The first-order valence-corrected chi connectivity index (χ1v) is 8.62. The predicted octanol–water partition coefficient (Wildman–Crippen LogP) is 2.91. The number of alkyl halides is 3. The maximum Gasteiger partial charge on any atom is 0.433 e. The molecule has 0 unspecified atom stereocenters. The van der Waals surface area contributed by atoms with Gasteiger partial charge in [0.1, 0.15) is 5.69 Å². The molecule has 1 N–H and O–H groups in total. The quantitative estimate of drug-likeness (QED) is 0.856. The van der Waals surface area contributed by atoms with Crippen LogP contribution in [0.15, 0.2) is 36.5 Å². The summed E-state index contributed by atoms with van der Waals surface area (Å²) in [7, 11) is 0. The van der Waals surface area contributed by atoms with Gasteiger partial charge in [-0.3, -0.25) is 9.69 Å². The Morgan fingerprint density at radius 3 is 2.52 bits per heavy atom. The van der Waals surface area contributed by atoms with Crippen LogP contribution in [0, 0.1) is 0 Å². The van der Waals surface area contributed by atoms with Crippen molar-refractivity contribution in [3.8, 4) is 0 Å². The van der Waals surface area contributed by atoms with Gasteiger partial charge >= 0.3 is 6.18 Å². The highest BCUT2D eigenvalue weighted by atomic mass is 35.5. The molecule has 1 aliphatic rings. The van der Waals surface area contributed by atoms with Gasteiger partial charge in [0, 0.05) is 32.4 Å². The number of hydrogen-bond donors (Lipinski definition) is 1. The fourth-order valence-electron chi connectivity index (χ4n) is 2.72. The van der Waals surface area contributed by atoms with Crippen molar-refractivity contribution in [2.24, 2.45) is 0 Å². The van der Waals surface area contributed by atoms with Crippen LogP contribution in [0.5, 0.6) is 0 Å². The lowest BCUT2D eigenvalue weighted by atomic mass is 10.3. The van der Waals surface area contributed by atoms with Gasteiger partial charge in [0.15, 0.2) is 0 Å². The van der Waals surface area contributed by atoms with Crippen molar-refractivity contribution < 1.29 is 18.0 Å². The van der Waals surface area contributed by atoms with Gasteiger partial charge in [0.25, 0.3) is 0 Å². The van der Waals surface area contributed by atoms with Gasteiger partial charge in [-0.1, -0.05) is 23.7 Å². The van der Waals surface area contributed by atoms with E-state index in [1.807, 2.05) is 4.90 Å². The summed E-state index contributed by atoms with van der Waals surface area (Å²) in [6.45, 7) is 2.05. The highest BCUT2D eigenvalue weighted by molar-refractivity contribution is 6.33. The molecular weight excluding hydrogens is 383 g/mol. The van der Waals surface area contributed by atoms with Gasteiger partial charge in [-0.05, 0) is 18.2 Å². The fourth-order valence-corrected chi connectivity index (χ4v) is 2.90. The molecule has 1 aromatic heterocycles. The third-order valence-electron chi connectivity index (χ3n) is 4.10. The van der Waals surface area contributed by atoms with E-state index >= 15 is 0 Å². The van der Waals surface area contributed by atoms with E-state index in [9.17, 15) is 18.0 Å². The van der Waals surface area contributed by atoms with Crippen LogP contribution in [0.25, 0.3) is 0 Å². The van der Waals surface area contributed by atoms with Crippen molar-refractivity contribution in [3.63, 3.8) is 0 Å². The van der Waals surface area contributed by atoms with Gasteiger partial charge in [-0.15, -0.1) is 0 Å². The van der Waals surface area contributed by atoms with E-state index in [0.717, 1.165) is 12.3 Å². The van der Waals surface area contributed by atoms with Crippen LogP contribution >= 0.6 is 11.6 Å². The number of halogens is 4. The summed E-state index contributed by atoms with van der Waals surface area (Å²) in [5, 5.41) is 3.20. The summed E-state index contributed by atoms with van der Waals surface area (Å²) < 4.78 is 38.3. The maximum atomic E-state index is 12.8. The molecule has 1 amide bonds. The van der Waals surface area contributed by atoms with Crippen LogP contribution in [-0.2, 0) is 11.0 Å². The van der Waals surface area contributed by atoms with Crippen LogP contribution in [-0.4, -0.2) is 53.5 Å². The molecule has 27 heavy (non-hydrogen) atoms. The second-order valence-corrected chi connectivity index (χ2v) is 6.44. The van der Waals surface area contributed by atoms with Crippen LogP contribution in [0.2, 0.25) is 5.02 Å². The highest BCUT2D eigenvalue weighted by Crippen LogP contribution is 2.28. The first kappa shape index (κ1) is 19.4. The number of hydrogen-bond acceptors (Lipinski definition) is 5. The van der Waals surface area contributed by atoms with Gasteiger partial charge in [0.05, 0.1) is 17.3 Å². The summed E-state index contributed by atoms with van der Waals surface area (Å²) in [6.07, 6.45) is -3.40. The zero-order chi connectivity index (χ0) is 19.4. The van der Waals surface area contributed by atoms with Gasteiger partial charge in [0.2, 0.25) is 11.9 Å². The standard InChI is InChI=1S/C17H17ClF3N5O/c18-12-3-1-2-4-13(12)23-15(27)11-25-7-9-26(10-8-25)16-22-6-5-14(24-16)17(19,20)21/h1-6H,7-11H2,(H,23,27). The molecule has 0 spiro atoms. The molecular formula is C17H17ClF3N5O. The highest BCUT2D eigenvalue weighted by Gasteiger charge is 2.33. The molecule has 144 valence electrons. The summed E-state index contributed by atoms with van der Waals surface area (Å²) in [5.74, 6) is -0.156. The number of para-hydroxylation sites is 1. The second-order valence-electron chi connectivity index (χ2n) is 6.03. The Bertz CT molecular complexity index is 809. The topological polar surface area (TPSA) is 61.4 Å². The van der Waals surface area contributed by atoms with Gasteiger partial charge in [-0.2, -0.15) is 13.2 Å². The van der Waals surface area contributed by atoms with Crippen LogP contribution < -0.4 is 10.2 Å². The number of aromatic nitrogens is 2. The average Bonchev–Trinajstić information content (AvgIpc) is 2.64. The zero-order valence-electron chi connectivity index (χ0n) is 14.2. The van der Waals surface area contributed by atoms with E-state index in [1.54, 1.807) is 29.2 Å². The Morgan fingerprint density at radius 2 is 1.85 bits per heavy atom. The monoisotopic (exact) mass is 399 g/mol. The van der Waals surface area contributed by atoms with E-state index in [1.165, 1.54) is 0 Å². The van der Waals surface area contributed by atoms with Crippen LogP contribution in [0.3, 0.4) is 0 Å². The molecule has 0 saturated carbocycles. The summed E-state index contributed by atoms with van der Waals surface area (Å²) in [4.78, 5) is 23.3. The number of carbonyl (C=O) groups excluding carboxylic acids is 1. The van der Waals surface area contributed by atoms with E-state index in [0.29, 0.717) is 36.9 Å². The normalized spacial score (nSPS) is 15.6. The van der Waals surface area contributed by atoms with E-state index < -0.39 is 11.9 Å². The molecule has 0 radical (unpaired) electrons. The second kappa shape index (κ2) is 8.10. The van der Waals surface area contributed by atoms with Crippen molar-refractivity contribution >= 4 is 29.1 Å². The molecule has 0 aliphatic carbocycles. The van der Waals surface area contributed by atoms with Crippen molar-refractivity contribution in [2.45, 2.75) is 6.18 Å². The zero-order valence-corrected chi connectivity index (χ0v) is 15.0. The third-order valence-corrected chi connectivity index (χ3v) is 4.43. The SMILES string of the molecule is O=C(CN1CCN(c2nccc(C(F)(F)F)n2)CC1)Nc1ccccc1Cl. The average molecular weight is 400 g/mol. The number of carbonyl (C=O) groups is 1. The number of piperazine rings is 1. The number of nitrogens with one attached hydrogen (secondary N) is 1. The molecule has 1 aromatic carbocycles. The molecule has 6 nitrogen and oxygen atoms in total. The van der Waals surface area contributed by atoms with Crippen molar-refractivity contribution in [1.29, 1.82) is 0 Å². The minimum absolute atomic E-state index is 0.0463. The van der Waals surface area contributed by atoms with Gasteiger partial charge < -0.3 is 10.2 Å². The molecule has 2 aromatic rings. The van der Waals surface area contributed by atoms with E-state index in [2.05, 4.69) is 15.3 Å². The molecule has 1 saturated heterocycles. The Kier molecular flexibility index (Phi) is 5.81. The van der Waals surface area contributed by atoms with E-state index in [-0.39, 0.29) is 18.4 Å². The lowest BCUT2D eigenvalue weighted by Crippen LogP contribution is -2.49. The third kappa shape index (κ3) is 5.08. The predicted molar refractivity (Wildman–Crippen MR) is 95.8 cm³/mol. The van der Waals surface area contributed by atoms with Crippen LogP contribution in [0.1, 0.15) is 5.69 Å². The van der Waals surface area contributed by atoms with E-state index in [4.69, 9.17) is 11.6 Å². The molecule has 0 bridgehead atoms. The number of anilines is 2. The largest absolute Gasteiger partial charge is 0.433 e. The lowest BCUT2D eigenvalue weighted by Gasteiger charge is -2.34. The number of rotatable bonds is 4. The number of benzene rings is 1. The van der Waals surface area contributed by atoms with Gasteiger partial charge in [-0.25, -0.2) is 9.97 Å². The first-order chi connectivity index (χ1) is 12.8. The summed E-state index contributed by atoms with van der Waals surface area (Å²) in [6, 6.07) is 7.79. The minimum Gasteiger partial charge on any atom is -0.338 e. The molecule has 1 fully saturated rings. The molecule has 0 atom stereocenters. The Morgan fingerprint density at radius 1 is 1.15 bits per heavy atom. The van der Waals surface area contributed by atoms with Crippen molar-refractivity contribution in [1.82, 2.24) is 14.9 Å². The number of nitrogens with zero attached hydrogens (tertiary/aromatic N) is 4. The summed E-state index contributed by atoms with van der Waals surface area (Å²) in [5.41, 5.74) is -0.422. The van der Waals surface area contributed by atoms with Crippen LogP contribution in [0.4, 0.5) is 24.8 Å². The molecule has 1 aliphatic heterocycles. The maximum absolute atomic E-state index is 12.8. The first-order valence-electron chi connectivity index (χ1n) is 8.25. The van der Waals surface area contributed by atoms with Crippen molar-refractivity contribution in [3.05, 3.63) is 47.2 Å². The smallest absolute Gasteiger partial charge is 0.338 e.